The third-order valence-electron chi connectivity index (χ3n) is 5.29. The van der Waals surface area contributed by atoms with Gasteiger partial charge in [0.25, 0.3) is 0 Å². The van der Waals surface area contributed by atoms with Crippen LogP contribution in [0.25, 0.3) is 6.08 Å². The smallest absolute Gasteiger partial charge is 0.156 e. The predicted octanol–water partition coefficient (Wildman–Crippen LogP) is 4.92. The Balaban J connectivity index is 1.36. The number of likely N-dealkylation sites (tertiary alicyclic amines) is 1. The van der Waals surface area contributed by atoms with E-state index in [9.17, 15) is 4.79 Å². The molecule has 0 amide bonds. The minimum Gasteiger partial charge on any atom is -0.303 e. The van der Waals surface area contributed by atoms with Gasteiger partial charge in [0, 0.05) is 13.0 Å². The molecule has 0 bridgehead atoms. The number of benzene rings is 2. The number of carbonyl (C=O) groups excluding carboxylic acids is 1. The Kier molecular flexibility index (Phi) is 6.79. The van der Waals surface area contributed by atoms with Gasteiger partial charge in [-0.15, -0.1) is 0 Å². The minimum absolute atomic E-state index is 0.219. The highest BCUT2D eigenvalue weighted by Gasteiger charge is 2.19. The Hall–Kier alpha value is -2.19. The van der Waals surface area contributed by atoms with Crippen molar-refractivity contribution in [3.63, 3.8) is 0 Å². The van der Waals surface area contributed by atoms with Crippen LogP contribution in [0.5, 0.6) is 0 Å². The highest BCUT2D eigenvalue weighted by molar-refractivity contribution is 5.93. The van der Waals surface area contributed by atoms with Crippen LogP contribution in [0.4, 0.5) is 0 Å². The minimum atomic E-state index is 0.219. The van der Waals surface area contributed by atoms with Gasteiger partial charge in [-0.3, -0.25) is 4.79 Å². The van der Waals surface area contributed by atoms with Gasteiger partial charge in [0.15, 0.2) is 5.78 Å². The van der Waals surface area contributed by atoms with Crippen molar-refractivity contribution >= 4 is 11.9 Å². The second-order valence-electron chi connectivity index (χ2n) is 7.44. The van der Waals surface area contributed by atoms with E-state index in [2.05, 4.69) is 66.4 Å². The first-order valence-electron chi connectivity index (χ1n) is 9.73. The van der Waals surface area contributed by atoms with Gasteiger partial charge in [-0.05, 0) is 62.4 Å². The number of rotatable bonds is 7. The van der Waals surface area contributed by atoms with Gasteiger partial charge >= 0.3 is 0 Å². The molecule has 0 radical (unpaired) electrons. The van der Waals surface area contributed by atoms with Gasteiger partial charge in [0.1, 0.15) is 0 Å². The largest absolute Gasteiger partial charge is 0.303 e. The van der Waals surface area contributed by atoms with E-state index in [1.165, 1.54) is 30.4 Å². The first kappa shape index (κ1) is 18.6. The number of ketones is 1. The molecule has 2 heteroatoms. The fraction of sp³-hybridized carbons (Fsp3) is 0.375. The van der Waals surface area contributed by atoms with E-state index >= 15 is 0 Å². The maximum atomic E-state index is 12.1. The Morgan fingerprint density at radius 3 is 2.42 bits per heavy atom. The SMILES string of the molecule is Cc1ccc(C=CC(=O)CCN2CCC(Cc3ccccc3)CC2)cc1. The molecular formula is C24H29NO. The molecule has 0 N–H and O–H groups in total. The van der Waals surface area contributed by atoms with E-state index in [0.29, 0.717) is 6.42 Å². The zero-order valence-corrected chi connectivity index (χ0v) is 15.7. The molecule has 26 heavy (non-hydrogen) atoms. The summed E-state index contributed by atoms with van der Waals surface area (Å²) in [7, 11) is 0. The molecule has 2 nitrogen and oxygen atoms in total. The number of nitrogens with zero attached hydrogens (tertiary/aromatic N) is 1. The average Bonchev–Trinajstić information content (AvgIpc) is 2.68. The van der Waals surface area contributed by atoms with E-state index in [1.54, 1.807) is 6.08 Å². The standard InChI is InChI=1S/C24H29NO/c1-20-7-9-21(10-8-20)11-12-24(26)15-18-25-16-13-23(14-17-25)19-22-5-3-2-4-6-22/h2-12,23H,13-19H2,1H3. The molecule has 3 rings (SSSR count). The molecule has 0 aromatic heterocycles. The first-order valence-corrected chi connectivity index (χ1v) is 9.73. The van der Waals surface area contributed by atoms with Crippen molar-refractivity contribution in [1.29, 1.82) is 0 Å². The monoisotopic (exact) mass is 347 g/mol. The van der Waals surface area contributed by atoms with Gasteiger partial charge < -0.3 is 4.90 Å². The maximum Gasteiger partial charge on any atom is 0.156 e. The Bertz CT molecular complexity index is 710. The zero-order valence-electron chi connectivity index (χ0n) is 15.7. The molecular weight excluding hydrogens is 318 g/mol. The molecule has 0 aliphatic carbocycles. The third-order valence-corrected chi connectivity index (χ3v) is 5.29. The quantitative estimate of drug-likeness (QED) is 0.663. The maximum absolute atomic E-state index is 12.1. The van der Waals surface area contributed by atoms with Crippen molar-refractivity contribution in [3.8, 4) is 0 Å². The van der Waals surface area contributed by atoms with E-state index in [-0.39, 0.29) is 5.78 Å². The molecule has 136 valence electrons. The van der Waals surface area contributed by atoms with E-state index in [1.807, 2.05) is 6.08 Å². The van der Waals surface area contributed by atoms with Crippen LogP contribution < -0.4 is 0 Å². The van der Waals surface area contributed by atoms with Crippen LogP contribution >= 0.6 is 0 Å². The molecule has 1 aliphatic rings. The number of piperidine rings is 1. The van der Waals surface area contributed by atoms with Gasteiger partial charge in [0.05, 0.1) is 0 Å². The van der Waals surface area contributed by atoms with Crippen molar-refractivity contribution in [1.82, 2.24) is 4.90 Å². The van der Waals surface area contributed by atoms with Gasteiger partial charge in [-0.1, -0.05) is 66.2 Å². The van der Waals surface area contributed by atoms with Gasteiger partial charge in [-0.25, -0.2) is 0 Å². The Morgan fingerprint density at radius 2 is 1.73 bits per heavy atom. The molecule has 0 spiro atoms. The average molecular weight is 348 g/mol. The van der Waals surface area contributed by atoms with E-state index in [4.69, 9.17) is 0 Å². The Morgan fingerprint density at radius 1 is 1.04 bits per heavy atom. The van der Waals surface area contributed by atoms with Crippen molar-refractivity contribution in [2.24, 2.45) is 5.92 Å². The summed E-state index contributed by atoms with van der Waals surface area (Å²) in [5, 5.41) is 0. The van der Waals surface area contributed by atoms with Crippen molar-refractivity contribution in [2.75, 3.05) is 19.6 Å². The van der Waals surface area contributed by atoms with Crippen LogP contribution in [0, 0.1) is 12.8 Å². The van der Waals surface area contributed by atoms with Crippen LogP contribution in [-0.2, 0) is 11.2 Å². The van der Waals surface area contributed by atoms with Crippen LogP contribution in [-0.4, -0.2) is 30.3 Å². The Labute approximate surface area is 157 Å². The number of aryl methyl sites for hydroxylation is 1. The normalized spacial score (nSPS) is 16.2. The summed E-state index contributed by atoms with van der Waals surface area (Å²) in [6.45, 7) is 5.19. The molecule has 0 unspecified atom stereocenters. The molecule has 1 aliphatic heterocycles. The fourth-order valence-electron chi connectivity index (χ4n) is 3.58. The molecule has 1 fully saturated rings. The van der Waals surface area contributed by atoms with Crippen LogP contribution in [0.1, 0.15) is 36.0 Å². The van der Waals surface area contributed by atoms with Crippen molar-refractivity contribution < 1.29 is 4.79 Å². The van der Waals surface area contributed by atoms with Gasteiger partial charge in [-0.2, -0.15) is 0 Å². The molecule has 2 aromatic rings. The molecule has 1 heterocycles. The summed E-state index contributed by atoms with van der Waals surface area (Å²) in [4.78, 5) is 14.6. The van der Waals surface area contributed by atoms with Crippen LogP contribution in [0.15, 0.2) is 60.7 Å². The lowest BCUT2D eigenvalue weighted by Crippen LogP contribution is -2.35. The lowest BCUT2D eigenvalue weighted by molar-refractivity contribution is -0.114. The second kappa shape index (κ2) is 9.49. The summed E-state index contributed by atoms with van der Waals surface area (Å²) in [5.74, 6) is 1.00. The first-order chi connectivity index (χ1) is 12.7. The summed E-state index contributed by atoms with van der Waals surface area (Å²) in [6, 6.07) is 19.0. The number of allylic oxidation sites excluding steroid dienone is 1. The van der Waals surface area contributed by atoms with E-state index in [0.717, 1.165) is 31.1 Å². The number of carbonyl (C=O) groups is 1. The highest BCUT2D eigenvalue weighted by atomic mass is 16.1. The summed E-state index contributed by atoms with van der Waals surface area (Å²) < 4.78 is 0. The van der Waals surface area contributed by atoms with Crippen molar-refractivity contribution in [2.45, 2.75) is 32.6 Å². The van der Waals surface area contributed by atoms with E-state index < -0.39 is 0 Å². The summed E-state index contributed by atoms with van der Waals surface area (Å²) in [6.07, 6.45) is 7.93. The topological polar surface area (TPSA) is 20.3 Å². The number of hydrogen-bond acceptors (Lipinski definition) is 2. The third kappa shape index (κ3) is 5.96. The predicted molar refractivity (Wildman–Crippen MR) is 109 cm³/mol. The zero-order chi connectivity index (χ0) is 18.2. The number of hydrogen-bond donors (Lipinski definition) is 0. The molecule has 2 aromatic carbocycles. The lowest BCUT2D eigenvalue weighted by atomic mass is 9.90. The lowest BCUT2D eigenvalue weighted by Gasteiger charge is -2.31. The summed E-state index contributed by atoms with van der Waals surface area (Å²) >= 11 is 0. The van der Waals surface area contributed by atoms with Crippen LogP contribution in [0.3, 0.4) is 0 Å². The fourth-order valence-corrected chi connectivity index (χ4v) is 3.58. The molecule has 1 saturated heterocycles. The molecule has 0 saturated carbocycles. The van der Waals surface area contributed by atoms with Gasteiger partial charge in [0.2, 0.25) is 0 Å². The highest BCUT2D eigenvalue weighted by Crippen LogP contribution is 2.21. The summed E-state index contributed by atoms with van der Waals surface area (Å²) in [5.41, 5.74) is 3.78. The molecule has 0 atom stereocenters. The van der Waals surface area contributed by atoms with Crippen molar-refractivity contribution in [3.05, 3.63) is 77.4 Å². The second-order valence-corrected chi connectivity index (χ2v) is 7.44. The van der Waals surface area contributed by atoms with Crippen LogP contribution in [0.2, 0.25) is 0 Å².